The summed E-state index contributed by atoms with van der Waals surface area (Å²) in [6, 6.07) is 14.0. The minimum absolute atomic E-state index is 0.0131. The summed E-state index contributed by atoms with van der Waals surface area (Å²) in [5, 5.41) is 3.59. The number of nitrogens with one attached hydrogen (secondary N) is 1. The smallest absolute Gasteiger partial charge is 0.311 e. The highest BCUT2D eigenvalue weighted by Crippen LogP contribution is 2.26. The normalized spacial score (nSPS) is 15.4. The lowest BCUT2D eigenvalue weighted by molar-refractivity contribution is -0.151. The van der Waals surface area contributed by atoms with Crippen molar-refractivity contribution < 1.29 is 19.1 Å². The summed E-state index contributed by atoms with van der Waals surface area (Å²) >= 11 is 5.91. The van der Waals surface area contributed by atoms with Crippen LogP contribution in [0.2, 0.25) is 5.02 Å². The van der Waals surface area contributed by atoms with Gasteiger partial charge in [-0.05, 0) is 49.2 Å². The summed E-state index contributed by atoms with van der Waals surface area (Å²) in [7, 11) is 1.56. The van der Waals surface area contributed by atoms with Crippen molar-refractivity contribution in [2.24, 2.45) is 5.92 Å². The van der Waals surface area contributed by atoms with Crippen molar-refractivity contribution >= 4 is 41.1 Å². The Balaban J connectivity index is 1.37. The standard InChI is InChI=1S/C24H25ClN6O4/c1-34-19-7-3-2-6-18(19)27-24-29-20(28-23(26)30-24)14-35-22(33)16-5-4-12-31(13-16)21(32)15-8-10-17(25)11-9-15/h2-3,6-11,16H,4-5,12-14H2,1H3,(H3,26,27,28,29,30)/t16-/m1/s1. The second-order valence-corrected chi connectivity index (χ2v) is 8.40. The van der Waals surface area contributed by atoms with Crippen LogP contribution < -0.4 is 15.8 Å². The Morgan fingerprint density at radius 1 is 1.14 bits per heavy atom. The molecular formula is C24H25ClN6O4. The molecule has 3 aromatic rings. The van der Waals surface area contributed by atoms with Crippen molar-refractivity contribution in [1.82, 2.24) is 19.9 Å². The first-order valence-corrected chi connectivity index (χ1v) is 11.4. The molecule has 0 spiro atoms. The van der Waals surface area contributed by atoms with Crippen molar-refractivity contribution in [3.8, 4) is 5.75 Å². The van der Waals surface area contributed by atoms with E-state index in [0.717, 1.165) is 0 Å². The number of esters is 1. The van der Waals surface area contributed by atoms with Crippen LogP contribution in [0.25, 0.3) is 0 Å². The number of methoxy groups -OCH3 is 1. The summed E-state index contributed by atoms with van der Waals surface area (Å²) < 4.78 is 10.8. The van der Waals surface area contributed by atoms with E-state index in [1.807, 2.05) is 12.1 Å². The highest BCUT2D eigenvalue weighted by Gasteiger charge is 2.30. The highest BCUT2D eigenvalue weighted by molar-refractivity contribution is 6.30. The molecule has 0 radical (unpaired) electrons. The number of hydrogen-bond donors (Lipinski definition) is 2. The van der Waals surface area contributed by atoms with Gasteiger partial charge in [0.2, 0.25) is 11.9 Å². The van der Waals surface area contributed by atoms with Gasteiger partial charge >= 0.3 is 5.97 Å². The number of rotatable bonds is 7. The fourth-order valence-corrected chi connectivity index (χ4v) is 3.94. The minimum atomic E-state index is -0.439. The summed E-state index contributed by atoms with van der Waals surface area (Å²) in [5.41, 5.74) is 7.00. The number of carbonyl (C=O) groups excluding carboxylic acids is 2. The number of nitrogens with zero attached hydrogens (tertiary/aromatic N) is 4. The van der Waals surface area contributed by atoms with E-state index in [1.165, 1.54) is 0 Å². The first-order valence-electron chi connectivity index (χ1n) is 11.0. The number of ether oxygens (including phenoxy) is 2. The van der Waals surface area contributed by atoms with Crippen LogP contribution in [-0.2, 0) is 16.1 Å². The molecule has 0 bridgehead atoms. The molecule has 182 valence electrons. The van der Waals surface area contributed by atoms with Gasteiger partial charge in [-0.2, -0.15) is 15.0 Å². The molecule has 1 aromatic heterocycles. The van der Waals surface area contributed by atoms with Crippen molar-refractivity contribution in [3.05, 3.63) is 64.9 Å². The zero-order valence-corrected chi connectivity index (χ0v) is 19.9. The quantitative estimate of drug-likeness (QED) is 0.472. The number of carbonyl (C=O) groups is 2. The summed E-state index contributed by atoms with van der Waals surface area (Å²) in [5.74, 6) is -0.00688. The Hall–Kier alpha value is -3.92. The Bertz CT molecular complexity index is 1210. The van der Waals surface area contributed by atoms with Gasteiger partial charge in [0.1, 0.15) is 5.75 Å². The van der Waals surface area contributed by atoms with E-state index >= 15 is 0 Å². The molecule has 4 rings (SSSR count). The second kappa shape index (κ2) is 11.0. The van der Waals surface area contributed by atoms with Crippen molar-refractivity contribution in [1.29, 1.82) is 0 Å². The van der Waals surface area contributed by atoms with Gasteiger partial charge in [0, 0.05) is 23.7 Å². The lowest BCUT2D eigenvalue weighted by Crippen LogP contribution is -2.42. The Morgan fingerprint density at radius 3 is 2.69 bits per heavy atom. The first kappa shape index (κ1) is 24.2. The largest absolute Gasteiger partial charge is 0.495 e. The average Bonchev–Trinajstić information content (AvgIpc) is 2.87. The van der Waals surface area contributed by atoms with E-state index in [2.05, 4.69) is 20.3 Å². The molecule has 35 heavy (non-hydrogen) atoms. The van der Waals surface area contributed by atoms with E-state index in [1.54, 1.807) is 48.4 Å². The number of benzene rings is 2. The van der Waals surface area contributed by atoms with Crippen LogP contribution in [0.15, 0.2) is 48.5 Å². The molecule has 0 unspecified atom stereocenters. The molecule has 1 fully saturated rings. The van der Waals surface area contributed by atoms with Crippen LogP contribution in [0, 0.1) is 5.92 Å². The fraction of sp³-hybridized carbons (Fsp3) is 0.292. The summed E-state index contributed by atoms with van der Waals surface area (Å²) in [6.07, 6.45) is 1.33. The van der Waals surface area contributed by atoms with Crippen LogP contribution in [0.1, 0.15) is 29.0 Å². The predicted octanol–water partition coefficient (Wildman–Crippen LogP) is 3.46. The third-order valence-corrected chi connectivity index (χ3v) is 5.78. The maximum atomic E-state index is 12.8. The Labute approximate surface area is 207 Å². The monoisotopic (exact) mass is 496 g/mol. The second-order valence-electron chi connectivity index (χ2n) is 7.96. The van der Waals surface area contributed by atoms with E-state index in [-0.39, 0.29) is 36.8 Å². The van der Waals surface area contributed by atoms with Crippen LogP contribution in [0.4, 0.5) is 17.6 Å². The van der Waals surface area contributed by atoms with Gasteiger partial charge in [0.25, 0.3) is 5.91 Å². The molecule has 2 aromatic carbocycles. The first-order chi connectivity index (χ1) is 16.9. The Morgan fingerprint density at radius 2 is 1.91 bits per heavy atom. The number of para-hydroxylation sites is 2. The number of anilines is 3. The molecular weight excluding hydrogens is 472 g/mol. The van der Waals surface area contributed by atoms with Crippen LogP contribution in [0.5, 0.6) is 5.75 Å². The SMILES string of the molecule is COc1ccccc1Nc1nc(N)nc(COC(=O)[C@@H]2CCCN(C(=O)c3ccc(Cl)cc3)C2)n1. The predicted molar refractivity (Wildman–Crippen MR) is 130 cm³/mol. The number of piperidine rings is 1. The number of aromatic nitrogens is 3. The molecule has 1 atom stereocenters. The zero-order valence-electron chi connectivity index (χ0n) is 19.1. The molecule has 1 aliphatic heterocycles. The highest BCUT2D eigenvalue weighted by atomic mass is 35.5. The number of amides is 1. The average molecular weight is 497 g/mol. The number of nitrogen functional groups attached to an aromatic ring is 1. The lowest BCUT2D eigenvalue weighted by Gasteiger charge is -2.31. The molecule has 1 aliphatic rings. The van der Waals surface area contributed by atoms with E-state index < -0.39 is 11.9 Å². The number of nitrogens with two attached hydrogens (primary N) is 1. The van der Waals surface area contributed by atoms with E-state index in [9.17, 15) is 9.59 Å². The van der Waals surface area contributed by atoms with Crippen molar-refractivity contribution in [2.75, 3.05) is 31.2 Å². The summed E-state index contributed by atoms with van der Waals surface area (Å²) in [6.45, 7) is 0.682. The van der Waals surface area contributed by atoms with Gasteiger partial charge in [0.05, 0.1) is 18.7 Å². The van der Waals surface area contributed by atoms with Gasteiger partial charge < -0.3 is 25.4 Å². The van der Waals surface area contributed by atoms with Gasteiger partial charge in [0.15, 0.2) is 12.4 Å². The molecule has 0 aliphatic carbocycles. The molecule has 11 heteroatoms. The van der Waals surface area contributed by atoms with Gasteiger partial charge in [-0.1, -0.05) is 23.7 Å². The van der Waals surface area contributed by atoms with Crippen molar-refractivity contribution in [3.63, 3.8) is 0 Å². The zero-order chi connectivity index (χ0) is 24.8. The number of likely N-dealkylation sites (tertiary alicyclic amines) is 1. The molecule has 1 saturated heterocycles. The molecule has 0 saturated carbocycles. The summed E-state index contributed by atoms with van der Waals surface area (Å²) in [4.78, 5) is 39.6. The van der Waals surface area contributed by atoms with Crippen LogP contribution in [-0.4, -0.2) is 51.9 Å². The van der Waals surface area contributed by atoms with Crippen molar-refractivity contribution in [2.45, 2.75) is 19.4 Å². The molecule has 3 N–H and O–H groups in total. The van der Waals surface area contributed by atoms with Gasteiger partial charge in [-0.15, -0.1) is 0 Å². The Kier molecular flexibility index (Phi) is 7.61. The lowest BCUT2D eigenvalue weighted by atomic mass is 9.97. The number of hydrogen-bond acceptors (Lipinski definition) is 9. The van der Waals surface area contributed by atoms with E-state index in [0.29, 0.717) is 41.4 Å². The third-order valence-electron chi connectivity index (χ3n) is 5.53. The molecule has 2 heterocycles. The van der Waals surface area contributed by atoms with Gasteiger partial charge in [-0.3, -0.25) is 9.59 Å². The fourth-order valence-electron chi connectivity index (χ4n) is 3.81. The molecule has 1 amide bonds. The van der Waals surface area contributed by atoms with Crippen LogP contribution >= 0.6 is 11.6 Å². The van der Waals surface area contributed by atoms with Gasteiger partial charge in [-0.25, -0.2) is 0 Å². The maximum Gasteiger partial charge on any atom is 0.311 e. The topological polar surface area (TPSA) is 133 Å². The molecule has 10 nitrogen and oxygen atoms in total. The van der Waals surface area contributed by atoms with Crippen LogP contribution in [0.3, 0.4) is 0 Å². The third kappa shape index (κ3) is 6.15. The van der Waals surface area contributed by atoms with E-state index in [4.69, 9.17) is 26.8 Å². The number of halogens is 1. The minimum Gasteiger partial charge on any atom is -0.495 e. The maximum absolute atomic E-state index is 12.8.